The van der Waals surface area contributed by atoms with E-state index in [4.69, 9.17) is 0 Å². The number of amides is 1. The molecule has 2 heterocycles. The van der Waals surface area contributed by atoms with Crippen LogP contribution >= 0.6 is 15.9 Å². The van der Waals surface area contributed by atoms with Crippen molar-refractivity contribution in [1.29, 1.82) is 0 Å². The second-order valence-electron chi connectivity index (χ2n) is 4.37. The summed E-state index contributed by atoms with van der Waals surface area (Å²) in [4.78, 5) is 18.1. The van der Waals surface area contributed by atoms with Gasteiger partial charge in [-0.15, -0.1) is 0 Å². The van der Waals surface area contributed by atoms with Gasteiger partial charge in [-0.1, -0.05) is 0 Å². The van der Waals surface area contributed by atoms with Gasteiger partial charge in [0.15, 0.2) is 5.82 Å². The van der Waals surface area contributed by atoms with Crippen molar-refractivity contribution in [3.8, 4) is 0 Å². The standard InChI is InChI=1S/C11H15BrN6O/c1-6-9(12)10(18(4)16-6)11(19)17(3)5-8-13-7(2)14-15-8/h5H2,1-4H3,(H,13,14,15). The predicted molar refractivity (Wildman–Crippen MR) is 72.6 cm³/mol. The minimum atomic E-state index is -0.127. The summed E-state index contributed by atoms with van der Waals surface area (Å²) < 4.78 is 2.29. The van der Waals surface area contributed by atoms with Crippen LogP contribution in [-0.2, 0) is 13.6 Å². The molecule has 1 amide bonds. The zero-order valence-corrected chi connectivity index (χ0v) is 12.8. The molecule has 19 heavy (non-hydrogen) atoms. The topological polar surface area (TPSA) is 79.7 Å². The van der Waals surface area contributed by atoms with Crippen molar-refractivity contribution in [2.24, 2.45) is 7.05 Å². The Kier molecular flexibility index (Phi) is 3.70. The maximum atomic E-state index is 12.4. The van der Waals surface area contributed by atoms with Gasteiger partial charge in [0.1, 0.15) is 11.5 Å². The molecule has 0 radical (unpaired) electrons. The molecule has 7 nitrogen and oxygen atoms in total. The Morgan fingerprint density at radius 3 is 2.63 bits per heavy atom. The van der Waals surface area contributed by atoms with Crippen molar-refractivity contribution in [1.82, 2.24) is 29.9 Å². The normalized spacial score (nSPS) is 10.8. The van der Waals surface area contributed by atoms with E-state index in [-0.39, 0.29) is 5.91 Å². The number of carbonyl (C=O) groups is 1. The van der Waals surface area contributed by atoms with Crippen molar-refractivity contribution >= 4 is 21.8 Å². The molecule has 2 aromatic rings. The number of carbonyl (C=O) groups excluding carboxylic acids is 1. The molecule has 0 spiro atoms. The third-order valence-corrected chi connectivity index (χ3v) is 3.67. The first-order valence-electron chi connectivity index (χ1n) is 5.72. The van der Waals surface area contributed by atoms with Crippen LogP contribution in [0.3, 0.4) is 0 Å². The highest BCUT2D eigenvalue weighted by atomic mass is 79.9. The average Bonchev–Trinajstić information content (AvgIpc) is 2.84. The van der Waals surface area contributed by atoms with Gasteiger partial charge in [-0.05, 0) is 29.8 Å². The van der Waals surface area contributed by atoms with Crippen molar-refractivity contribution in [2.45, 2.75) is 20.4 Å². The zero-order chi connectivity index (χ0) is 14.2. The van der Waals surface area contributed by atoms with E-state index in [1.54, 1.807) is 23.7 Å². The van der Waals surface area contributed by atoms with E-state index in [1.165, 1.54) is 0 Å². The third kappa shape index (κ3) is 2.67. The molecule has 0 aliphatic rings. The Bertz CT molecular complexity index is 617. The summed E-state index contributed by atoms with van der Waals surface area (Å²) in [5.41, 5.74) is 1.31. The van der Waals surface area contributed by atoms with E-state index in [0.29, 0.717) is 18.1 Å². The zero-order valence-electron chi connectivity index (χ0n) is 11.2. The first-order chi connectivity index (χ1) is 8.90. The molecule has 0 atom stereocenters. The van der Waals surface area contributed by atoms with Gasteiger partial charge in [-0.2, -0.15) is 10.2 Å². The lowest BCUT2D eigenvalue weighted by atomic mass is 10.3. The molecule has 0 saturated heterocycles. The number of hydrogen-bond acceptors (Lipinski definition) is 4. The second-order valence-corrected chi connectivity index (χ2v) is 5.16. The molecule has 0 fully saturated rings. The first kappa shape index (κ1) is 13.7. The smallest absolute Gasteiger partial charge is 0.273 e. The van der Waals surface area contributed by atoms with Crippen molar-refractivity contribution < 1.29 is 4.79 Å². The third-order valence-electron chi connectivity index (χ3n) is 2.72. The molecular formula is C11H15BrN6O. The highest BCUT2D eigenvalue weighted by Gasteiger charge is 2.22. The van der Waals surface area contributed by atoms with Gasteiger partial charge in [-0.3, -0.25) is 14.6 Å². The lowest BCUT2D eigenvalue weighted by molar-refractivity contribution is 0.0769. The van der Waals surface area contributed by atoms with Crippen LogP contribution in [0.15, 0.2) is 4.47 Å². The van der Waals surface area contributed by atoms with Gasteiger partial charge in [0.25, 0.3) is 5.91 Å². The van der Waals surface area contributed by atoms with Crippen LogP contribution in [0.5, 0.6) is 0 Å². The molecule has 1 N–H and O–H groups in total. The number of nitrogens with one attached hydrogen (secondary N) is 1. The SMILES string of the molecule is Cc1nc(CN(C)C(=O)c2c(Br)c(C)nn2C)n[nH]1. The molecule has 0 aliphatic heterocycles. The monoisotopic (exact) mass is 326 g/mol. The highest BCUT2D eigenvalue weighted by Crippen LogP contribution is 2.21. The Labute approximate surface area is 119 Å². The number of aryl methyl sites for hydroxylation is 3. The summed E-state index contributed by atoms with van der Waals surface area (Å²) in [6.07, 6.45) is 0. The molecular weight excluding hydrogens is 312 g/mol. The summed E-state index contributed by atoms with van der Waals surface area (Å²) in [5, 5.41) is 11.0. The number of H-pyrrole nitrogens is 1. The van der Waals surface area contributed by atoms with Crippen LogP contribution in [0.25, 0.3) is 0 Å². The summed E-state index contributed by atoms with van der Waals surface area (Å²) in [6, 6.07) is 0. The number of rotatable bonds is 3. The van der Waals surface area contributed by atoms with Crippen LogP contribution in [0.4, 0.5) is 0 Å². The summed E-state index contributed by atoms with van der Waals surface area (Å²) in [7, 11) is 3.46. The fraction of sp³-hybridized carbons (Fsp3) is 0.455. The van der Waals surface area contributed by atoms with Crippen LogP contribution in [0.2, 0.25) is 0 Å². The van der Waals surface area contributed by atoms with Crippen LogP contribution in [0.1, 0.15) is 27.8 Å². The van der Waals surface area contributed by atoms with E-state index < -0.39 is 0 Å². The van der Waals surface area contributed by atoms with Crippen LogP contribution in [-0.4, -0.2) is 42.8 Å². The van der Waals surface area contributed by atoms with Crippen LogP contribution in [0, 0.1) is 13.8 Å². The molecule has 0 aliphatic carbocycles. The largest absolute Gasteiger partial charge is 0.333 e. The van der Waals surface area contributed by atoms with Gasteiger partial charge >= 0.3 is 0 Å². The molecule has 0 bridgehead atoms. The van der Waals surface area contributed by atoms with Crippen molar-refractivity contribution in [3.05, 3.63) is 27.5 Å². The fourth-order valence-corrected chi connectivity index (χ4v) is 2.29. The number of nitrogens with zero attached hydrogens (tertiary/aromatic N) is 5. The Hall–Kier alpha value is -1.70. The number of halogens is 1. The molecule has 8 heteroatoms. The van der Waals surface area contributed by atoms with Gasteiger partial charge in [0.05, 0.1) is 16.7 Å². The minimum absolute atomic E-state index is 0.127. The van der Waals surface area contributed by atoms with E-state index in [9.17, 15) is 4.79 Å². The van der Waals surface area contributed by atoms with Crippen molar-refractivity contribution in [3.63, 3.8) is 0 Å². The predicted octanol–water partition coefficient (Wildman–Crippen LogP) is 1.19. The van der Waals surface area contributed by atoms with Crippen LogP contribution < -0.4 is 0 Å². The number of aromatic amines is 1. The Balaban J connectivity index is 2.19. The lowest BCUT2D eigenvalue weighted by Crippen LogP contribution is -2.28. The Morgan fingerprint density at radius 2 is 2.16 bits per heavy atom. The molecule has 0 saturated carbocycles. The van der Waals surface area contributed by atoms with Gasteiger partial charge in [-0.25, -0.2) is 4.98 Å². The summed E-state index contributed by atoms with van der Waals surface area (Å²) in [6.45, 7) is 4.01. The maximum Gasteiger partial charge on any atom is 0.273 e. The van der Waals surface area contributed by atoms with Gasteiger partial charge < -0.3 is 4.90 Å². The quantitative estimate of drug-likeness (QED) is 0.918. The Morgan fingerprint density at radius 1 is 1.47 bits per heavy atom. The number of hydrogen-bond donors (Lipinski definition) is 1. The lowest BCUT2D eigenvalue weighted by Gasteiger charge is -2.15. The minimum Gasteiger partial charge on any atom is -0.333 e. The number of aromatic nitrogens is 5. The second kappa shape index (κ2) is 5.12. The molecule has 0 aromatic carbocycles. The molecule has 2 rings (SSSR count). The average molecular weight is 327 g/mol. The summed E-state index contributed by atoms with van der Waals surface area (Å²) in [5.74, 6) is 1.19. The van der Waals surface area contributed by atoms with E-state index >= 15 is 0 Å². The van der Waals surface area contributed by atoms with E-state index in [1.807, 2.05) is 13.8 Å². The van der Waals surface area contributed by atoms with E-state index in [0.717, 1.165) is 16.0 Å². The fourth-order valence-electron chi connectivity index (χ4n) is 1.79. The van der Waals surface area contributed by atoms with Gasteiger partial charge in [0, 0.05) is 14.1 Å². The van der Waals surface area contributed by atoms with Gasteiger partial charge in [0.2, 0.25) is 0 Å². The first-order valence-corrected chi connectivity index (χ1v) is 6.52. The van der Waals surface area contributed by atoms with E-state index in [2.05, 4.69) is 36.2 Å². The maximum absolute atomic E-state index is 12.4. The molecule has 2 aromatic heterocycles. The highest BCUT2D eigenvalue weighted by molar-refractivity contribution is 9.10. The molecule has 0 unspecified atom stereocenters. The molecule has 102 valence electrons. The van der Waals surface area contributed by atoms with Crippen molar-refractivity contribution in [2.75, 3.05) is 7.05 Å². The summed E-state index contributed by atoms with van der Waals surface area (Å²) >= 11 is 3.39.